The third-order valence-electron chi connectivity index (χ3n) is 4.30. The summed E-state index contributed by atoms with van der Waals surface area (Å²) in [6.45, 7) is -0.560. The Morgan fingerprint density at radius 3 is 2.35 bits per heavy atom. The summed E-state index contributed by atoms with van der Waals surface area (Å²) in [6.07, 6.45) is 1.97. The molecule has 0 bridgehead atoms. The predicted molar refractivity (Wildman–Crippen MR) is 76.6 cm³/mol. The Bertz CT molecular complexity index is 454. The number of β-amino-alcohol motifs (C(OH)–C–C–N with tert-alkyl or cyclic N) is 1. The van der Waals surface area contributed by atoms with E-state index < -0.39 is 24.2 Å². The number of hydrogen-bond donors (Lipinski definition) is 3. The largest absolute Gasteiger partial charge is 0.480 e. The van der Waals surface area contributed by atoms with Crippen LogP contribution in [0.2, 0.25) is 0 Å². The van der Waals surface area contributed by atoms with Gasteiger partial charge in [0.2, 0.25) is 6.29 Å². The highest BCUT2D eigenvalue weighted by Crippen LogP contribution is 2.28. The minimum absolute atomic E-state index is 0.0200. The zero-order chi connectivity index (χ0) is 17.0. The molecule has 1 aliphatic heterocycles. The second kappa shape index (κ2) is 7.71. The first-order valence-corrected chi connectivity index (χ1v) is 7.66. The maximum atomic E-state index is 11.5. The van der Waals surface area contributed by atoms with Crippen LogP contribution in [0.1, 0.15) is 25.7 Å². The number of esters is 1. The fraction of sp³-hybridized carbons (Fsp3) is 0.786. The van der Waals surface area contributed by atoms with E-state index in [1.807, 2.05) is 0 Å². The summed E-state index contributed by atoms with van der Waals surface area (Å²) < 4.78 is 4.71. The van der Waals surface area contributed by atoms with Crippen molar-refractivity contribution in [3.05, 3.63) is 0 Å². The highest BCUT2D eigenvalue weighted by atomic mass is 16.6. The SMILES string of the molecule is O=C(O)CN(CC(=O)O)C1CCCCC1N1CC(=O)OC(O)C1. The number of cyclic esters (lactones) is 1. The number of carboxylic acids is 2. The molecule has 0 aromatic rings. The summed E-state index contributed by atoms with van der Waals surface area (Å²) >= 11 is 0. The van der Waals surface area contributed by atoms with Crippen LogP contribution in [0.15, 0.2) is 0 Å². The molecule has 2 rings (SSSR count). The lowest BCUT2D eigenvalue weighted by atomic mass is 9.87. The fourth-order valence-electron chi connectivity index (χ4n) is 3.49. The van der Waals surface area contributed by atoms with Crippen molar-refractivity contribution in [3.63, 3.8) is 0 Å². The van der Waals surface area contributed by atoms with Crippen LogP contribution >= 0.6 is 0 Å². The van der Waals surface area contributed by atoms with Crippen LogP contribution in [0.5, 0.6) is 0 Å². The molecule has 0 amide bonds. The number of aliphatic hydroxyl groups is 1. The van der Waals surface area contributed by atoms with Crippen molar-refractivity contribution >= 4 is 17.9 Å². The molecule has 1 aliphatic carbocycles. The maximum Gasteiger partial charge on any atom is 0.322 e. The molecule has 1 heterocycles. The molecule has 1 saturated carbocycles. The Hall–Kier alpha value is -1.71. The van der Waals surface area contributed by atoms with Gasteiger partial charge in [-0.05, 0) is 12.8 Å². The molecule has 0 aromatic heterocycles. The monoisotopic (exact) mass is 330 g/mol. The lowest BCUT2D eigenvalue weighted by Crippen LogP contribution is -2.59. The van der Waals surface area contributed by atoms with Crippen LogP contribution in [0, 0.1) is 0 Å². The molecule has 0 spiro atoms. The van der Waals surface area contributed by atoms with Gasteiger partial charge < -0.3 is 20.1 Å². The molecule has 3 unspecified atom stereocenters. The summed E-state index contributed by atoms with van der Waals surface area (Å²) in [5, 5.41) is 27.7. The average Bonchev–Trinajstić information content (AvgIpc) is 2.44. The van der Waals surface area contributed by atoms with Crippen molar-refractivity contribution in [1.29, 1.82) is 0 Å². The third-order valence-corrected chi connectivity index (χ3v) is 4.30. The Labute approximate surface area is 133 Å². The molecule has 9 nitrogen and oxygen atoms in total. The van der Waals surface area contributed by atoms with Crippen LogP contribution < -0.4 is 0 Å². The smallest absolute Gasteiger partial charge is 0.322 e. The van der Waals surface area contributed by atoms with Crippen LogP contribution in [0.4, 0.5) is 0 Å². The van der Waals surface area contributed by atoms with Gasteiger partial charge in [-0.25, -0.2) is 0 Å². The van der Waals surface area contributed by atoms with Crippen molar-refractivity contribution in [2.45, 2.75) is 44.1 Å². The van der Waals surface area contributed by atoms with Crippen molar-refractivity contribution < 1.29 is 34.4 Å². The van der Waals surface area contributed by atoms with Crippen LogP contribution in [-0.2, 0) is 19.1 Å². The van der Waals surface area contributed by atoms with Gasteiger partial charge in [-0.15, -0.1) is 0 Å². The van der Waals surface area contributed by atoms with Gasteiger partial charge in [0, 0.05) is 12.1 Å². The third kappa shape index (κ3) is 4.88. The summed E-state index contributed by atoms with van der Waals surface area (Å²) in [5.41, 5.74) is 0. The summed E-state index contributed by atoms with van der Waals surface area (Å²) in [7, 11) is 0. The first-order valence-electron chi connectivity index (χ1n) is 7.66. The van der Waals surface area contributed by atoms with E-state index in [1.165, 1.54) is 4.90 Å². The normalized spacial score (nSPS) is 29.3. The molecule has 9 heteroatoms. The van der Waals surface area contributed by atoms with E-state index in [4.69, 9.17) is 14.9 Å². The first kappa shape index (κ1) is 17.6. The van der Waals surface area contributed by atoms with Gasteiger partial charge in [-0.1, -0.05) is 12.8 Å². The zero-order valence-electron chi connectivity index (χ0n) is 12.8. The number of hydrogen-bond acceptors (Lipinski definition) is 7. The number of carboxylic acid groups (broad SMARTS) is 2. The highest BCUT2D eigenvalue weighted by molar-refractivity contribution is 5.73. The first-order chi connectivity index (χ1) is 10.9. The van der Waals surface area contributed by atoms with Crippen molar-refractivity contribution in [3.8, 4) is 0 Å². The number of rotatable bonds is 6. The topological polar surface area (TPSA) is 128 Å². The van der Waals surface area contributed by atoms with Gasteiger partial charge in [-0.2, -0.15) is 0 Å². The number of aliphatic hydroxyl groups excluding tert-OH is 1. The number of aliphatic carboxylic acids is 2. The number of morpholine rings is 1. The minimum atomic E-state index is -1.20. The standard InChI is InChI=1S/C14H22N2O7/c17-11(18)5-15(6-12(19)20)9-3-1-2-4-10(9)16-7-13(21)23-14(22)8-16/h9-10,13,21H,1-8H2,(H,17,18)(H,19,20). The Balaban J connectivity index is 2.15. The molecule has 23 heavy (non-hydrogen) atoms. The summed E-state index contributed by atoms with van der Waals surface area (Å²) in [4.78, 5) is 36.9. The number of carbonyl (C=O) groups is 3. The van der Waals surface area contributed by atoms with Gasteiger partial charge in [0.1, 0.15) is 0 Å². The molecule has 3 N–H and O–H groups in total. The van der Waals surface area contributed by atoms with Crippen molar-refractivity contribution in [1.82, 2.24) is 9.80 Å². The van der Waals surface area contributed by atoms with Crippen LogP contribution in [-0.4, -0.2) is 87.6 Å². The van der Waals surface area contributed by atoms with Crippen LogP contribution in [0.25, 0.3) is 0 Å². The van der Waals surface area contributed by atoms with Crippen LogP contribution in [0.3, 0.4) is 0 Å². The van der Waals surface area contributed by atoms with E-state index in [-0.39, 0.29) is 38.3 Å². The summed E-state index contributed by atoms with van der Waals surface area (Å²) in [5.74, 6) is -2.71. The average molecular weight is 330 g/mol. The van der Waals surface area contributed by atoms with Gasteiger partial charge in [0.15, 0.2) is 0 Å². The number of carbonyl (C=O) groups excluding carboxylic acids is 1. The maximum absolute atomic E-state index is 11.5. The zero-order valence-corrected chi connectivity index (χ0v) is 12.8. The number of nitrogens with zero attached hydrogens (tertiary/aromatic N) is 2. The molecule has 1 saturated heterocycles. The Morgan fingerprint density at radius 1 is 1.17 bits per heavy atom. The second-order valence-electron chi connectivity index (χ2n) is 5.99. The molecule has 2 fully saturated rings. The summed E-state index contributed by atoms with van der Waals surface area (Å²) in [6, 6.07) is -0.459. The fourth-order valence-corrected chi connectivity index (χ4v) is 3.49. The number of ether oxygens (including phenoxy) is 1. The second-order valence-corrected chi connectivity index (χ2v) is 5.99. The predicted octanol–water partition coefficient (Wildman–Crippen LogP) is -1.05. The van der Waals surface area contributed by atoms with E-state index >= 15 is 0 Å². The lowest BCUT2D eigenvalue weighted by molar-refractivity contribution is -0.189. The Morgan fingerprint density at radius 2 is 1.78 bits per heavy atom. The van der Waals surface area contributed by atoms with Gasteiger partial charge in [0.25, 0.3) is 0 Å². The van der Waals surface area contributed by atoms with Crippen molar-refractivity contribution in [2.75, 3.05) is 26.2 Å². The van der Waals surface area contributed by atoms with E-state index in [0.717, 1.165) is 19.3 Å². The molecule has 0 radical (unpaired) electrons. The molecule has 3 atom stereocenters. The van der Waals surface area contributed by atoms with E-state index in [9.17, 15) is 19.5 Å². The highest BCUT2D eigenvalue weighted by Gasteiger charge is 2.39. The quantitative estimate of drug-likeness (QED) is 0.522. The lowest BCUT2D eigenvalue weighted by Gasteiger charge is -2.45. The minimum Gasteiger partial charge on any atom is -0.480 e. The van der Waals surface area contributed by atoms with Gasteiger partial charge in [-0.3, -0.25) is 24.2 Å². The van der Waals surface area contributed by atoms with E-state index in [0.29, 0.717) is 6.42 Å². The molecular formula is C14H22N2O7. The molecular weight excluding hydrogens is 308 g/mol. The Kier molecular flexibility index (Phi) is 5.91. The molecule has 0 aromatic carbocycles. The molecule has 2 aliphatic rings. The van der Waals surface area contributed by atoms with Gasteiger partial charge >= 0.3 is 17.9 Å². The molecule has 130 valence electrons. The van der Waals surface area contributed by atoms with E-state index in [1.54, 1.807) is 4.90 Å². The van der Waals surface area contributed by atoms with Crippen molar-refractivity contribution in [2.24, 2.45) is 0 Å². The van der Waals surface area contributed by atoms with Gasteiger partial charge in [0.05, 0.1) is 26.2 Å². The van der Waals surface area contributed by atoms with E-state index in [2.05, 4.69) is 0 Å².